The Kier molecular flexibility index (Phi) is 3.47. The predicted octanol–water partition coefficient (Wildman–Crippen LogP) is 3.59. The van der Waals surface area contributed by atoms with Gasteiger partial charge >= 0.3 is 7.25 Å². The van der Waals surface area contributed by atoms with Gasteiger partial charge in [0.15, 0.2) is 0 Å². The zero-order chi connectivity index (χ0) is 15.3. The van der Waals surface area contributed by atoms with Crippen LogP contribution in [0.2, 0.25) is 0 Å². The molecule has 1 atom stereocenters. The van der Waals surface area contributed by atoms with E-state index < -0.39 is 0 Å². The van der Waals surface area contributed by atoms with Crippen molar-refractivity contribution in [3.05, 3.63) is 35.9 Å². The van der Waals surface area contributed by atoms with Crippen LogP contribution in [0.1, 0.15) is 53.0 Å². The molecule has 2 aliphatic rings. The van der Waals surface area contributed by atoms with E-state index in [1.54, 1.807) is 0 Å². The molecule has 1 aromatic carbocycles. The number of benzene rings is 1. The molecule has 0 spiro atoms. The van der Waals surface area contributed by atoms with Crippen LogP contribution >= 0.6 is 0 Å². The van der Waals surface area contributed by atoms with Crippen molar-refractivity contribution in [2.75, 3.05) is 6.54 Å². The first-order chi connectivity index (χ1) is 9.76. The van der Waals surface area contributed by atoms with Crippen LogP contribution in [0.5, 0.6) is 0 Å². The zero-order valence-corrected chi connectivity index (χ0v) is 13.8. The monoisotopic (exact) mass is 287 g/mol. The van der Waals surface area contributed by atoms with Gasteiger partial charge in [0.2, 0.25) is 0 Å². The molecule has 1 unspecified atom stereocenters. The van der Waals surface area contributed by atoms with E-state index in [1.165, 1.54) is 12.0 Å². The molecule has 0 radical (unpaired) electrons. The molecule has 1 aromatic rings. The van der Waals surface area contributed by atoms with Gasteiger partial charge in [-0.15, -0.1) is 0 Å². The molecule has 3 nitrogen and oxygen atoms in total. The lowest BCUT2D eigenvalue weighted by Crippen LogP contribution is -2.50. The van der Waals surface area contributed by atoms with Gasteiger partial charge in [0.1, 0.15) is 0 Å². The molecule has 2 heterocycles. The Morgan fingerprint density at radius 2 is 1.52 bits per heavy atom. The van der Waals surface area contributed by atoms with Crippen LogP contribution in [0.25, 0.3) is 0 Å². The molecule has 114 valence electrons. The van der Waals surface area contributed by atoms with Crippen LogP contribution in [0, 0.1) is 0 Å². The van der Waals surface area contributed by atoms with E-state index >= 15 is 0 Å². The largest absolute Gasteiger partial charge is 0.559 e. The lowest BCUT2D eigenvalue weighted by Gasteiger charge is -2.37. The Labute approximate surface area is 128 Å². The third-order valence-corrected chi connectivity index (χ3v) is 5.59. The third kappa shape index (κ3) is 2.34. The molecule has 0 amide bonds. The van der Waals surface area contributed by atoms with E-state index in [4.69, 9.17) is 9.31 Å². The highest BCUT2D eigenvalue weighted by Crippen LogP contribution is 2.44. The molecule has 3 rings (SSSR count). The second kappa shape index (κ2) is 4.84. The molecule has 21 heavy (non-hydrogen) atoms. The van der Waals surface area contributed by atoms with Crippen LogP contribution in [-0.4, -0.2) is 29.8 Å². The highest BCUT2D eigenvalue weighted by Gasteiger charge is 2.58. The van der Waals surface area contributed by atoms with Gasteiger partial charge in [-0.2, -0.15) is 0 Å². The molecule has 0 aromatic heterocycles. The highest BCUT2D eigenvalue weighted by molar-refractivity contribution is 6.42. The van der Waals surface area contributed by atoms with Crippen LogP contribution in [-0.2, 0) is 14.8 Å². The second-order valence-electron chi connectivity index (χ2n) is 7.50. The van der Waals surface area contributed by atoms with Gasteiger partial charge in [0.05, 0.1) is 11.2 Å². The standard InChI is InChI=1S/C17H26BNO2/c1-15(2)16(3,4)21-18(20-15)19-13-9-12-17(19,5)14-10-7-6-8-11-14/h6-8,10-11H,9,12-13H2,1-5H3. The first-order valence-corrected chi connectivity index (χ1v) is 7.94. The molecule has 2 aliphatic heterocycles. The van der Waals surface area contributed by atoms with Gasteiger partial charge in [-0.05, 0) is 59.6 Å². The van der Waals surface area contributed by atoms with Crippen molar-refractivity contribution < 1.29 is 9.31 Å². The summed E-state index contributed by atoms with van der Waals surface area (Å²) in [6, 6.07) is 10.7. The van der Waals surface area contributed by atoms with Crippen LogP contribution in [0.15, 0.2) is 30.3 Å². The Bertz CT molecular complexity index is 501. The first kappa shape index (κ1) is 15.1. The number of hydrogen-bond acceptors (Lipinski definition) is 3. The number of hydrogen-bond donors (Lipinski definition) is 0. The minimum absolute atomic E-state index is 0.0115. The molecule has 0 saturated carbocycles. The van der Waals surface area contributed by atoms with E-state index in [0.29, 0.717) is 0 Å². The quantitative estimate of drug-likeness (QED) is 0.776. The fourth-order valence-corrected chi connectivity index (χ4v) is 3.37. The van der Waals surface area contributed by atoms with E-state index in [9.17, 15) is 0 Å². The molecular formula is C17H26BNO2. The summed E-state index contributed by atoms with van der Waals surface area (Å²) in [6.07, 6.45) is 2.32. The van der Waals surface area contributed by atoms with E-state index in [0.717, 1.165) is 13.0 Å². The normalized spacial score (nSPS) is 31.8. The lowest BCUT2D eigenvalue weighted by atomic mass is 9.84. The summed E-state index contributed by atoms with van der Waals surface area (Å²) in [5.41, 5.74) is 0.773. The topological polar surface area (TPSA) is 21.7 Å². The van der Waals surface area contributed by atoms with Gasteiger partial charge in [-0.25, -0.2) is 0 Å². The Morgan fingerprint density at radius 1 is 0.952 bits per heavy atom. The van der Waals surface area contributed by atoms with Crippen LogP contribution < -0.4 is 0 Å². The maximum atomic E-state index is 6.27. The fraction of sp³-hybridized carbons (Fsp3) is 0.647. The predicted molar refractivity (Wildman–Crippen MR) is 85.8 cm³/mol. The highest BCUT2D eigenvalue weighted by atomic mass is 16.7. The van der Waals surface area contributed by atoms with Crippen molar-refractivity contribution in [3.63, 3.8) is 0 Å². The number of nitrogens with zero attached hydrogens (tertiary/aromatic N) is 1. The molecule has 2 fully saturated rings. The summed E-state index contributed by atoms with van der Waals surface area (Å²) in [5, 5.41) is 0. The summed E-state index contributed by atoms with van der Waals surface area (Å²) >= 11 is 0. The summed E-state index contributed by atoms with van der Waals surface area (Å²) in [6.45, 7) is 11.8. The minimum Gasteiger partial charge on any atom is -0.389 e. The van der Waals surface area contributed by atoms with Crippen LogP contribution in [0.4, 0.5) is 0 Å². The fourth-order valence-electron chi connectivity index (χ4n) is 3.37. The van der Waals surface area contributed by atoms with E-state index in [-0.39, 0.29) is 24.0 Å². The van der Waals surface area contributed by atoms with Gasteiger partial charge in [-0.3, -0.25) is 4.81 Å². The van der Waals surface area contributed by atoms with Gasteiger partial charge in [0, 0.05) is 5.54 Å². The summed E-state index contributed by atoms with van der Waals surface area (Å²) < 4.78 is 12.5. The van der Waals surface area contributed by atoms with Gasteiger partial charge < -0.3 is 9.31 Å². The lowest BCUT2D eigenvalue weighted by molar-refractivity contribution is 0.00578. The summed E-state index contributed by atoms with van der Waals surface area (Å²) in [5.74, 6) is 0. The van der Waals surface area contributed by atoms with Crippen molar-refractivity contribution >= 4 is 7.25 Å². The van der Waals surface area contributed by atoms with Crippen molar-refractivity contribution in [1.29, 1.82) is 0 Å². The zero-order valence-electron chi connectivity index (χ0n) is 13.8. The minimum atomic E-state index is -0.280. The second-order valence-corrected chi connectivity index (χ2v) is 7.50. The Balaban J connectivity index is 1.89. The Hall–Kier alpha value is -0.835. The van der Waals surface area contributed by atoms with Crippen molar-refractivity contribution in [1.82, 2.24) is 4.81 Å². The van der Waals surface area contributed by atoms with E-state index in [2.05, 4.69) is 69.8 Å². The smallest absolute Gasteiger partial charge is 0.389 e. The molecule has 0 N–H and O–H groups in total. The van der Waals surface area contributed by atoms with Crippen molar-refractivity contribution in [2.24, 2.45) is 0 Å². The maximum absolute atomic E-state index is 6.27. The average Bonchev–Trinajstić information content (AvgIpc) is 2.90. The van der Waals surface area contributed by atoms with Crippen molar-refractivity contribution in [2.45, 2.75) is 64.2 Å². The molecule has 0 aliphatic carbocycles. The van der Waals surface area contributed by atoms with Crippen LogP contribution in [0.3, 0.4) is 0 Å². The van der Waals surface area contributed by atoms with Gasteiger partial charge in [0.25, 0.3) is 0 Å². The number of rotatable bonds is 2. The molecular weight excluding hydrogens is 261 g/mol. The van der Waals surface area contributed by atoms with E-state index in [1.807, 2.05) is 0 Å². The molecule has 2 saturated heterocycles. The third-order valence-electron chi connectivity index (χ3n) is 5.59. The van der Waals surface area contributed by atoms with Gasteiger partial charge in [-0.1, -0.05) is 30.3 Å². The summed E-state index contributed by atoms with van der Waals surface area (Å²) in [4.78, 5) is 2.39. The average molecular weight is 287 g/mol. The first-order valence-electron chi connectivity index (χ1n) is 7.94. The molecule has 0 bridgehead atoms. The Morgan fingerprint density at radius 3 is 2.10 bits per heavy atom. The maximum Gasteiger partial charge on any atom is 0.559 e. The summed E-state index contributed by atoms with van der Waals surface area (Å²) in [7, 11) is -0.261. The van der Waals surface area contributed by atoms with Crippen molar-refractivity contribution in [3.8, 4) is 0 Å². The SMILES string of the molecule is CC1(c2ccccc2)CCCN1B1OC(C)(C)C(C)(C)O1. The molecule has 4 heteroatoms.